The molecule has 0 bridgehead atoms. The summed E-state index contributed by atoms with van der Waals surface area (Å²) >= 11 is 0. The van der Waals surface area contributed by atoms with E-state index in [0.717, 1.165) is 11.1 Å². The second-order valence-corrected chi connectivity index (χ2v) is 5.84. The molecule has 0 heterocycles. The molecule has 0 unspecified atom stereocenters. The fraction of sp³-hybridized carbons (Fsp3) is 0.100. The Balaban J connectivity index is 1.61. The molecule has 0 aromatic heterocycles. The van der Waals surface area contributed by atoms with Crippen molar-refractivity contribution in [1.82, 2.24) is 0 Å². The number of aryl methyl sites for hydroxylation is 2. The molecule has 0 aliphatic heterocycles. The van der Waals surface area contributed by atoms with E-state index in [2.05, 4.69) is 0 Å². The van der Waals surface area contributed by atoms with Crippen LogP contribution in [0.15, 0.2) is 72.8 Å². The minimum atomic E-state index is 0.334. The van der Waals surface area contributed by atoms with Crippen molar-refractivity contribution in [2.24, 2.45) is 0 Å². The van der Waals surface area contributed by atoms with Crippen LogP contribution in [-0.4, -0.2) is 0 Å². The Bertz CT molecular complexity index is 761. The van der Waals surface area contributed by atoms with Crippen LogP contribution in [-0.2, 0) is 0 Å². The maximum atomic E-state index is 12.0. The van der Waals surface area contributed by atoms with Crippen molar-refractivity contribution in [3.8, 4) is 11.5 Å². The average Bonchev–Trinajstić information content (AvgIpc) is 2.64. The quantitative estimate of drug-likeness (QED) is 0.589. The van der Waals surface area contributed by atoms with Crippen LogP contribution in [0.25, 0.3) is 0 Å². The van der Waals surface area contributed by atoms with Gasteiger partial charge in [-0.3, -0.25) is 10.5 Å². The van der Waals surface area contributed by atoms with Crippen molar-refractivity contribution in [3.63, 3.8) is 0 Å². The topological polar surface area (TPSA) is 71.1 Å². The van der Waals surface area contributed by atoms with Gasteiger partial charge in [0.15, 0.2) is 11.5 Å². The van der Waals surface area contributed by atoms with Crippen LogP contribution < -0.4 is 20.1 Å². The van der Waals surface area contributed by atoms with Crippen LogP contribution in [0.5, 0.6) is 11.5 Å². The van der Waals surface area contributed by atoms with Gasteiger partial charge in [0.1, 0.15) is 0 Å². The lowest BCUT2D eigenvalue weighted by Crippen LogP contribution is -2.20. The first-order valence-electron chi connectivity index (χ1n) is 8.05. The molecule has 6 nitrogen and oxygen atoms in total. The van der Waals surface area contributed by atoms with Gasteiger partial charge in [0.2, 0.25) is 0 Å². The van der Waals surface area contributed by atoms with Gasteiger partial charge in [0.25, 0.3) is 0 Å². The number of hydrogen-bond donors (Lipinski definition) is 0. The van der Waals surface area contributed by atoms with Gasteiger partial charge in [-0.05, 0) is 62.4 Å². The van der Waals surface area contributed by atoms with E-state index in [0.29, 0.717) is 33.3 Å². The molecule has 3 rings (SSSR count). The Morgan fingerprint density at radius 1 is 0.538 bits per heavy atom. The summed E-state index contributed by atoms with van der Waals surface area (Å²) in [5.74, 6) is 0.668. The molecule has 0 saturated heterocycles. The first kappa shape index (κ1) is 17.6. The molecule has 0 saturated carbocycles. The third-order valence-electron chi connectivity index (χ3n) is 3.69. The smallest absolute Gasteiger partial charge is 0.154 e. The van der Waals surface area contributed by atoms with E-state index < -0.39 is 0 Å². The van der Waals surface area contributed by atoms with Crippen LogP contribution in [0.1, 0.15) is 11.1 Å². The lowest BCUT2D eigenvalue weighted by molar-refractivity contribution is 0.310. The van der Waals surface area contributed by atoms with E-state index in [4.69, 9.17) is 9.68 Å². The van der Waals surface area contributed by atoms with Crippen LogP contribution in [0.2, 0.25) is 0 Å². The number of anilines is 2. The molecular formula is C20H18N2O4-2. The molecule has 0 atom stereocenters. The number of hydrogen-bond acceptors (Lipinski definition) is 6. The van der Waals surface area contributed by atoms with Gasteiger partial charge in [-0.2, -0.15) is 0 Å². The summed E-state index contributed by atoms with van der Waals surface area (Å²) in [5, 5.41) is 24.9. The fourth-order valence-corrected chi connectivity index (χ4v) is 2.19. The summed E-state index contributed by atoms with van der Waals surface area (Å²) in [6.07, 6.45) is 0. The van der Waals surface area contributed by atoms with Crippen LogP contribution in [0, 0.1) is 24.3 Å². The van der Waals surface area contributed by atoms with E-state index in [1.807, 2.05) is 38.1 Å². The Hall–Kier alpha value is -3.22. The largest absolute Gasteiger partial charge is 0.724 e. The molecule has 0 spiro atoms. The minimum absolute atomic E-state index is 0.334. The highest BCUT2D eigenvalue weighted by atomic mass is 16.9. The minimum Gasteiger partial charge on any atom is -0.724 e. The van der Waals surface area contributed by atoms with Gasteiger partial charge in [0, 0.05) is 0 Å². The van der Waals surface area contributed by atoms with E-state index >= 15 is 0 Å². The first-order valence-corrected chi connectivity index (χ1v) is 8.05. The number of rotatable bonds is 6. The highest BCUT2D eigenvalue weighted by molar-refractivity contribution is 5.48. The number of nitrogens with zero attached hydrogens (tertiary/aromatic N) is 2. The van der Waals surface area contributed by atoms with Crippen molar-refractivity contribution < 1.29 is 9.68 Å². The van der Waals surface area contributed by atoms with E-state index in [1.54, 1.807) is 48.5 Å². The van der Waals surface area contributed by atoms with E-state index in [1.165, 1.54) is 0 Å². The van der Waals surface area contributed by atoms with Crippen molar-refractivity contribution >= 4 is 11.4 Å². The monoisotopic (exact) mass is 350 g/mol. The van der Waals surface area contributed by atoms with Gasteiger partial charge in [-0.1, -0.05) is 35.4 Å². The van der Waals surface area contributed by atoms with Gasteiger partial charge in [0.05, 0.1) is 11.4 Å². The van der Waals surface area contributed by atoms with Crippen LogP contribution >= 0.6 is 0 Å². The first-order chi connectivity index (χ1) is 12.5. The number of benzene rings is 3. The zero-order valence-corrected chi connectivity index (χ0v) is 14.5. The normalized spacial score (nSPS) is 10.3. The second-order valence-electron chi connectivity index (χ2n) is 5.84. The van der Waals surface area contributed by atoms with Crippen LogP contribution in [0.4, 0.5) is 11.4 Å². The molecule has 3 aromatic rings. The molecule has 0 N–H and O–H groups in total. The molecule has 0 aliphatic rings. The molecular weight excluding hydrogens is 332 g/mol. The van der Waals surface area contributed by atoms with Gasteiger partial charge >= 0.3 is 0 Å². The third kappa shape index (κ3) is 4.44. The third-order valence-corrected chi connectivity index (χ3v) is 3.69. The Labute approximate surface area is 151 Å². The Kier molecular flexibility index (Phi) is 5.26. The molecule has 3 aromatic carbocycles. The Morgan fingerprint density at radius 2 is 0.846 bits per heavy atom. The molecule has 26 heavy (non-hydrogen) atoms. The van der Waals surface area contributed by atoms with E-state index in [-0.39, 0.29) is 0 Å². The highest BCUT2D eigenvalue weighted by Gasteiger charge is 2.02. The summed E-state index contributed by atoms with van der Waals surface area (Å²) in [5.41, 5.74) is 2.89. The van der Waals surface area contributed by atoms with Crippen LogP contribution in [0.3, 0.4) is 0 Å². The Morgan fingerprint density at radius 3 is 1.15 bits per heavy atom. The lowest BCUT2D eigenvalue weighted by atomic mass is 10.2. The summed E-state index contributed by atoms with van der Waals surface area (Å²) in [6.45, 7) is 3.88. The fourth-order valence-electron chi connectivity index (χ4n) is 2.19. The predicted octanol–water partition coefficient (Wildman–Crippen LogP) is 4.90. The highest BCUT2D eigenvalue weighted by Crippen LogP contribution is 2.23. The predicted molar refractivity (Wildman–Crippen MR) is 102 cm³/mol. The molecule has 134 valence electrons. The van der Waals surface area contributed by atoms with Crippen molar-refractivity contribution in [2.75, 3.05) is 10.5 Å². The molecule has 0 fully saturated rings. The zero-order valence-electron chi connectivity index (χ0n) is 14.5. The van der Waals surface area contributed by atoms with Gasteiger partial charge in [-0.15, -0.1) is 0 Å². The summed E-state index contributed by atoms with van der Waals surface area (Å²) < 4.78 is 0. The second kappa shape index (κ2) is 7.77. The maximum absolute atomic E-state index is 12.0. The van der Waals surface area contributed by atoms with E-state index in [9.17, 15) is 10.4 Å². The standard InChI is InChI=1S/C20H18N2O4/c1-15-3-7-17(8-4-15)21(23)25-19-11-13-20(14-12-19)26-22(24)18-9-5-16(2)6-10-18/h3-14H,1-2H3/q-2. The molecule has 0 aliphatic carbocycles. The molecule has 0 amide bonds. The SMILES string of the molecule is Cc1ccc(N([O-])Oc2ccc(ON([O-])c3ccc(C)cc3)cc2)cc1. The maximum Gasteiger partial charge on any atom is 0.154 e. The lowest BCUT2D eigenvalue weighted by Gasteiger charge is -2.30. The van der Waals surface area contributed by atoms with Crippen molar-refractivity contribution in [3.05, 3.63) is 94.3 Å². The average molecular weight is 350 g/mol. The van der Waals surface area contributed by atoms with Crippen molar-refractivity contribution in [1.29, 1.82) is 0 Å². The zero-order chi connectivity index (χ0) is 18.5. The van der Waals surface area contributed by atoms with Gasteiger partial charge < -0.3 is 20.1 Å². The van der Waals surface area contributed by atoms with Gasteiger partial charge in [-0.25, -0.2) is 0 Å². The summed E-state index contributed by atoms with van der Waals surface area (Å²) in [4.78, 5) is 10.5. The molecule has 0 radical (unpaired) electrons. The summed E-state index contributed by atoms with van der Waals surface area (Å²) in [7, 11) is 0. The van der Waals surface area contributed by atoms with Crippen molar-refractivity contribution in [2.45, 2.75) is 13.8 Å². The summed E-state index contributed by atoms with van der Waals surface area (Å²) in [6, 6.07) is 20.2. The molecule has 6 heteroatoms.